The average molecular weight is 252 g/mol. The molecule has 0 aliphatic rings. The van der Waals surface area contributed by atoms with Gasteiger partial charge in [0.15, 0.2) is 0 Å². The lowest BCUT2D eigenvalue weighted by Crippen LogP contribution is -2.38. The van der Waals surface area contributed by atoms with E-state index in [4.69, 9.17) is 10.5 Å². The van der Waals surface area contributed by atoms with Gasteiger partial charge in [0.25, 0.3) is 0 Å². The fourth-order valence-corrected chi connectivity index (χ4v) is 1.81. The van der Waals surface area contributed by atoms with Crippen LogP contribution >= 0.6 is 0 Å². The van der Waals surface area contributed by atoms with Crippen LogP contribution < -0.4 is 15.4 Å². The Bertz CT molecular complexity index is 378. The fraction of sp³-hybridized carbons (Fsp3) is 0.571. The van der Waals surface area contributed by atoms with E-state index >= 15 is 0 Å². The van der Waals surface area contributed by atoms with Gasteiger partial charge in [0.2, 0.25) is 0 Å². The Balaban J connectivity index is 2.64. The van der Waals surface area contributed by atoms with Gasteiger partial charge >= 0.3 is 0 Å². The predicted molar refractivity (Wildman–Crippen MR) is 75.2 cm³/mol. The molecule has 0 aliphatic carbocycles. The summed E-state index contributed by atoms with van der Waals surface area (Å²) in [6.45, 7) is 3.90. The minimum Gasteiger partial charge on any atom is -0.491 e. The molecule has 18 heavy (non-hydrogen) atoms. The standard InChI is InChI=1S/C14H24N2O2/c1-11(9-14(2,17)10-15)18-13-7-5-6-12(8-13)16(3)4/h5-8,11,17H,9-10,15H2,1-4H3. The first-order chi connectivity index (χ1) is 8.34. The Morgan fingerprint density at radius 1 is 1.44 bits per heavy atom. The summed E-state index contributed by atoms with van der Waals surface area (Å²) in [5.74, 6) is 0.807. The van der Waals surface area contributed by atoms with Crippen molar-refractivity contribution in [2.75, 3.05) is 25.5 Å². The lowest BCUT2D eigenvalue weighted by atomic mass is 9.99. The van der Waals surface area contributed by atoms with E-state index in [1.807, 2.05) is 50.2 Å². The van der Waals surface area contributed by atoms with Gasteiger partial charge in [-0.2, -0.15) is 0 Å². The summed E-state index contributed by atoms with van der Waals surface area (Å²) in [5, 5.41) is 9.90. The first-order valence-electron chi connectivity index (χ1n) is 6.20. The maximum absolute atomic E-state index is 9.90. The third-order valence-electron chi connectivity index (χ3n) is 2.84. The van der Waals surface area contributed by atoms with Crippen LogP contribution in [0, 0.1) is 0 Å². The highest BCUT2D eigenvalue weighted by molar-refractivity contribution is 5.49. The third-order valence-corrected chi connectivity index (χ3v) is 2.84. The smallest absolute Gasteiger partial charge is 0.121 e. The molecule has 2 atom stereocenters. The molecule has 0 radical (unpaired) electrons. The molecule has 0 aliphatic heterocycles. The second-order valence-electron chi connectivity index (χ2n) is 5.23. The average Bonchev–Trinajstić information content (AvgIpc) is 2.28. The van der Waals surface area contributed by atoms with E-state index in [1.54, 1.807) is 6.92 Å². The molecule has 1 aromatic carbocycles. The fourth-order valence-electron chi connectivity index (χ4n) is 1.81. The van der Waals surface area contributed by atoms with E-state index in [-0.39, 0.29) is 12.6 Å². The monoisotopic (exact) mass is 252 g/mol. The van der Waals surface area contributed by atoms with E-state index in [2.05, 4.69) is 0 Å². The maximum Gasteiger partial charge on any atom is 0.121 e. The number of anilines is 1. The number of nitrogens with zero attached hydrogens (tertiary/aromatic N) is 1. The van der Waals surface area contributed by atoms with Gasteiger partial charge in [-0.1, -0.05) is 6.07 Å². The van der Waals surface area contributed by atoms with Gasteiger partial charge in [-0.25, -0.2) is 0 Å². The maximum atomic E-state index is 9.90. The summed E-state index contributed by atoms with van der Waals surface area (Å²) in [4.78, 5) is 2.02. The van der Waals surface area contributed by atoms with Gasteiger partial charge < -0.3 is 20.5 Å². The molecule has 0 saturated carbocycles. The quantitative estimate of drug-likeness (QED) is 0.807. The van der Waals surface area contributed by atoms with Crippen molar-refractivity contribution in [3.05, 3.63) is 24.3 Å². The lowest BCUT2D eigenvalue weighted by molar-refractivity contribution is 0.0237. The van der Waals surface area contributed by atoms with Crippen LogP contribution in [-0.4, -0.2) is 37.5 Å². The summed E-state index contributed by atoms with van der Waals surface area (Å²) in [6.07, 6.45) is 0.427. The molecule has 4 nitrogen and oxygen atoms in total. The number of nitrogens with two attached hydrogens (primary N) is 1. The van der Waals surface area contributed by atoms with E-state index in [9.17, 15) is 5.11 Å². The van der Waals surface area contributed by atoms with Crippen LogP contribution in [0.15, 0.2) is 24.3 Å². The van der Waals surface area contributed by atoms with Gasteiger partial charge in [0.05, 0.1) is 11.7 Å². The molecular weight excluding hydrogens is 228 g/mol. The molecule has 0 aromatic heterocycles. The van der Waals surface area contributed by atoms with Crippen molar-refractivity contribution in [1.82, 2.24) is 0 Å². The number of rotatable bonds is 6. The summed E-state index contributed by atoms with van der Waals surface area (Å²) in [7, 11) is 3.98. The molecule has 3 N–H and O–H groups in total. The zero-order chi connectivity index (χ0) is 13.8. The molecule has 0 fully saturated rings. The summed E-state index contributed by atoms with van der Waals surface area (Å²) < 4.78 is 5.80. The van der Waals surface area contributed by atoms with Crippen LogP contribution in [0.2, 0.25) is 0 Å². The molecule has 1 aromatic rings. The third kappa shape index (κ3) is 4.55. The molecule has 102 valence electrons. The Kier molecular flexibility index (Phi) is 4.99. The van der Waals surface area contributed by atoms with E-state index in [0.29, 0.717) is 6.42 Å². The normalized spacial score (nSPS) is 15.9. The molecular formula is C14H24N2O2. The van der Waals surface area contributed by atoms with Crippen molar-refractivity contribution in [2.24, 2.45) is 5.73 Å². The molecule has 1 rings (SSSR count). The second kappa shape index (κ2) is 6.07. The van der Waals surface area contributed by atoms with Gasteiger partial charge in [-0.3, -0.25) is 0 Å². The van der Waals surface area contributed by atoms with Gasteiger partial charge in [-0.15, -0.1) is 0 Å². The minimum atomic E-state index is -0.876. The van der Waals surface area contributed by atoms with Gasteiger partial charge in [0.1, 0.15) is 5.75 Å². The first-order valence-corrected chi connectivity index (χ1v) is 6.20. The summed E-state index contributed by atoms with van der Waals surface area (Å²) in [6, 6.07) is 7.88. The van der Waals surface area contributed by atoms with E-state index in [1.165, 1.54) is 0 Å². The Labute approximate surface area is 109 Å². The number of hydrogen-bond acceptors (Lipinski definition) is 4. The van der Waals surface area contributed by atoms with Crippen molar-refractivity contribution in [3.8, 4) is 5.75 Å². The van der Waals surface area contributed by atoms with Crippen LogP contribution in [0.3, 0.4) is 0 Å². The molecule has 0 heterocycles. The van der Waals surface area contributed by atoms with Crippen LogP contribution in [0.4, 0.5) is 5.69 Å². The summed E-state index contributed by atoms with van der Waals surface area (Å²) >= 11 is 0. The Hall–Kier alpha value is -1.26. The van der Waals surface area contributed by atoms with Crippen molar-refractivity contribution < 1.29 is 9.84 Å². The predicted octanol–water partition coefficient (Wildman–Crippen LogP) is 1.62. The highest BCUT2D eigenvalue weighted by atomic mass is 16.5. The molecule has 4 heteroatoms. The van der Waals surface area contributed by atoms with Crippen LogP contribution in [0.25, 0.3) is 0 Å². The first kappa shape index (κ1) is 14.8. The Morgan fingerprint density at radius 2 is 2.11 bits per heavy atom. The van der Waals surface area contributed by atoms with Crippen LogP contribution in [0.5, 0.6) is 5.75 Å². The zero-order valence-corrected chi connectivity index (χ0v) is 11.7. The largest absolute Gasteiger partial charge is 0.491 e. The molecule has 0 bridgehead atoms. The number of aliphatic hydroxyl groups is 1. The van der Waals surface area contributed by atoms with E-state index in [0.717, 1.165) is 11.4 Å². The van der Waals surface area contributed by atoms with Crippen LogP contribution in [0.1, 0.15) is 20.3 Å². The highest BCUT2D eigenvalue weighted by Crippen LogP contribution is 2.22. The molecule has 0 spiro atoms. The molecule has 2 unspecified atom stereocenters. The number of hydrogen-bond donors (Lipinski definition) is 2. The summed E-state index contributed by atoms with van der Waals surface area (Å²) in [5.41, 5.74) is 5.71. The van der Waals surface area contributed by atoms with Crippen molar-refractivity contribution in [2.45, 2.75) is 32.0 Å². The second-order valence-corrected chi connectivity index (χ2v) is 5.23. The lowest BCUT2D eigenvalue weighted by Gasteiger charge is -2.26. The van der Waals surface area contributed by atoms with Gasteiger partial charge in [0, 0.05) is 38.8 Å². The highest BCUT2D eigenvalue weighted by Gasteiger charge is 2.22. The Morgan fingerprint density at radius 3 is 2.67 bits per heavy atom. The molecule has 0 saturated heterocycles. The number of ether oxygens (including phenoxy) is 1. The SMILES string of the molecule is CC(CC(C)(O)CN)Oc1cccc(N(C)C)c1. The van der Waals surface area contributed by atoms with Gasteiger partial charge in [-0.05, 0) is 26.0 Å². The van der Waals surface area contributed by atoms with E-state index < -0.39 is 5.60 Å². The van der Waals surface area contributed by atoms with Crippen molar-refractivity contribution in [1.29, 1.82) is 0 Å². The topological polar surface area (TPSA) is 58.7 Å². The van der Waals surface area contributed by atoms with Crippen LogP contribution in [-0.2, 0) is 0 Å². The number of benzene rings is 1. The molecule has 0 amide bonds. The van der Waals surface area contributed by atoms with Crippen molar-refractivity contribution in [3.63, 3.8) is 0 Å². The van der Waals surface area contributed by atoms with Crippen molar-refractivity contribution >= 4 is 5.69 Å². The minimum absolute atomic E-state index is 0.0824. The zero-order valence-electron chi connectivity index (χ0n) is 11.7.